The molecule has 0 fully saturated rings. The van der Waals surface area contributed by atoms with Crippen molar-refractivity contribution >= 4 is 23.9 Å². The molecule has 0 spiro atoms. The van der Waals surface area contributed by atoms with Gasteiger partial charge in [0.25, 0.3) is 0 Å². The molecule has 0 aliphatic rings. The zero-order valence-corrected chi connectivity index (χ0v) is 15.0. The number of carboxylic acid groups (broad SMARTS) is 4. The summed E-state index contributed by atoms with van der Waals surface area (Å²) in [6, 6.07) is 0. The zero-order chi connectivity index (χ0) is 17.7. The number of carbonyl (C=O) groups is 4. The summed E-state index contributed by atoms with van der Waals surface area (Å²) in [4.78, 5) is 44.4. The van der Waals surface area contributed by atoms with Crippen LogP contribution >= 0.6 is 0 Å². The van der Waals surface area contributed by atoms with Gasteiger partial charge in [0.15, 0.2) is 0 Å². The van der Waals surface area contributed by atoms with Crippen molar-refractivity contribution in [1.82, 2.24) is 9.80 Å². The van der Waals surface area contributed by atoms with Gasteiger partial charge in [-0.2, -0.15) is 0 Å². The number of aliphatic carboxylic acids is 4. The standard InChI is InChI=1S/C10H16N2O8.C2H4.Na.H/c13-7(14)3-11(4-8(15)16)1-2-12(5-9(17)18)6-10(19)20;1-2;;/h1-6H2,(H,13,14)(H,15,16)(H,17,18)(H,19,20);1-2H2;;/q;;+1;-1. The van der Waals surface area contributed by atoms with Gasteiger partial charge in [-0.1, -0.05) is 0 Å². The molecule has 0 aromatic rings. The number of carboxylic acids is 4. The summed E-state index contributed by atoms with van der Waals surface area (Å²) < 4.78 is 0. The van der Waals surface area contributed by atoms with Crippen LogP contribution in [0, 0.1) is 0 Å². The third-order valence-corrected chi connectivity index (χ3v) is 2.17. The summed E-state index contributed by atoms with van der Waals surface area (Å²) in [6.07, 6.45) is 0. The summed E-state index contributed by atoms with van der Waals surface area (Å²) in [7, 11) is 0. The monoisotopic (exact) mass is 344 g/mol. The fourth-order valence-corrected chi connectivity index (χ4v) is 1.48. The van der Waals surface area contributed by atoms with E-state index in [9.17, 15) is 19.2 Å². The van der Waals surface area contributed by atoms with Crippen LogP contribution in [-0.2, 0) is 19.2 Å². The first-order chi connectivity index (χ1) is 10.2. The van der Waals surface area contributed by atoms with Crippen LogP contribution in [0.5, 0.6) is 0 Å². The van der Waals surface area contributed by atoms with Crippen LogP contribution in [0.4, 0.5) is 0 Å². The van der Waals surface area contributed by atoms with E-state index in [2.05, 4.69) is 13.2 Å². The van der Waals surface area contributed by atoms with Gasteiger partial charge < -0.3 is 21.9 Å². The summed E-state index contributed by atoms with van der Waals surface area (Å²) in [5.74, 6) is -4.91. The van der Waals surface area contributed by atoms with Crippen LogP contribution < -0.4 is 29.6 Å². The minimum absolute atomic E-state index is 0. The minimum Gasteiger partial charge on any atom is -1.00 e. The van der Waals surface area contributed by atoms with Gasteiger partial charge in [0, 0.05) is 13.1 Å². The van der Waals surface area contributed by atoms with Crippen molar-refractivity contribution in [3.05, 3.63) is 13.2 Å². The van der Waals surface area contributed by atoms with E-state index >= 15 is 0 Å². The van der Waals surface area contributed by atoms with Crippen LogP contribution in [0.1, 0.15) is 1.43 Å². The Bertz CT molecular complexity index is 343. The summed E-state index contributed by atoms with van der Waals surface area (Å²) in [6.45, 7) is 3.75. The summed E-state index contributed by atoms with van der Waals surface area (Å²) >= 11 is 0. The predicted molar refractivity (Wildman–Crippen MR) is 75.8 cm³/mol. The Morgan fingerprint density at radius 3 is 0.957 bits per heavy atom. The van der Waals surface area contributed by atoms with Gasteiger partial charge in [-0.15, -0.1) is 13.2 Å². The van der Waals surface area contributed by atoms with Gasteiger partial charge in [-0.25, -0.2) is 0 Å². The second-order valence-corrected chi connectivity index (χ2v) is 4.00. The molecule has 10 nitrogen and oxygen atoms in total. The van der Waals surface area contributed by atoms with Crippen LogP contribution in [-0.4, -0.2) is 93.4 Å². The predicted octanol–water partition coefficient (Wildman–Crippen LogP) is -4.15. The fraction of sp³-hybridized carbons (Fsp3) is 0.500. The molecule has 0 unspecified atom stereocenters. The molecule has 0 saturated heterocycles. The van der Waals surface area contributed by atoms with Crippen molar-refractivity contribution in [3.8, 4) is 0 Å². The summed E-state index contributed by atoms with van der Waals surface area (Å²) in [5, 5.41) is 34.5. The molecule has 0 amide bonds. The Morgan fingerprint density at radius 1 is 0.652 bits per heavy atom. The number of hydrogen-bond acceptors (Lipinski definition) is 6. The Hall–Kier alpha value is -1.46. The van der Waals surface area contributed by atoms with Crippen molar-refractivity contribution in [2.75, 3.05) is 39.3 Å². The van der Waals surface area contributed by atoms with E-state index in [4.69, 9.17) is 20.4 Å². The molecule has 0 aromatic heterocycles. The molecule has 0 atom stereocenters. The van der Waals surface area contributed by atoms with E-state index in [0.29, 0.717) is 0 Å². The second-order valence-electron chi connectivity index (χ2n) is 4.00. The molecular formula is C12H21N2NaO8. The third kappa shape index (κ3) is 18.5. The van der Waals surface area contributed by atoms with Crippen LogP contribution in [0.2, 0.25) is 0 Å². The van der Waals surface area contributed by atoms with Crippen molar-refractivity contribution < 1.29 is 70.6 Å². The normalized spacial score (nSPS) is 9.48. The van der Waals surface area contributed by atoms with Crippen molar-refractivity contribution in [2.45, 2.75) is 0 Å². The zero-order valence-electron chi connectivity index (χ0n) is 14.0. The molecular weight excluding hydrogens is 323 g/mol. The van der Waals surface area contributed by atoms with Crippen LogP contribution in [0.15, 0.2) is 13.2 Å². The van der Waals surface area contributed by atoms with E-state index in [1.807, 2.05) is 0 Å². The quantitative estimate of drug-likeness (QED) is 0.214. The molecule has 0 aliphatic heterocycles. The van der Waals surface area contributed by atoms with E-state index in [1.165, 1.54) is 0 Å². The average Bonchev–Trinajstić information content (AvgIpc) is 2.35. The molecule has 11 heteroatoms. The van der Waals surface area contributed by atoms with Gasteiger partial charge in [0.05, 0.1) is 26.2 Å². The van der Waals surface area contributed by atoms with Crippen molar-refractivity contribution in [3.63, 3.8) is 0 Å². The molecule has 128 valence electrons. The Labute approximate surface area is 156 Å². The van der Waals surface area contributed by atoms with Crippen LogP contribution in [0.25, 0.3) is 0 Å². The van der Waals surface area contributed by atoms with Crippen molar-refractivity contribution in [1.29, 1.82) is 0 Å². The van der Waals surface area contributed by atoms with E-state index in [-0.39, 0.29) is 44.1 Å². The first-order valence-electron chi connectivity index (χ1n) is 6.02. The van der Waals surface area contributed by atoms with Crippen molar-refractivity contribution in [2.24, 2.45) is 0 Å². The van der Waals surface area contributed by atoms with Gasteiger partial charge in [0.2, 0.25) is 0 Å². The van der Waals surface area contributed by atoms with E-state index < -0.39 is 50.1 Å². The molecule has 0 aliphatic carbocycles. The van der Waals surface area contributed by atoms with E-state index in [1.54, 1.807) is 0 Å². The second kappa shape index (κ2) is 15.4. The first kappa shape index (κ1) is 26.4. The van der Waals surface area contributed by atoms with Gasteiger partial charge >= 0.3 is 53.4 Å². The molecule has 0 rings (SSSR count). The fourth-order valence-electron chi connectivity index (χ4n) is 1.48. The number of hydrogen-bond donors (Lipinski definition) is 4. The van der Waals surface area contributed by atoms with Gasteiger partial charge in [-0.3, -0.25) is 29.0 Å². The Morgan fingerprint density at radius 2 is 0.826 bits per heavy atom. The topological polar surface area (TPSA) is 156 Å². The summed E-state index contributed by atoms with van der Waals surface area (Å²) in [5.41, 5.74) is 0. The minimum atomic E-state index is -1.23. The van der Waals surface area contributed by atoms with Gasteiger partial charge in [-0.05, 0) is 0 Å². The molecule has 0 aromatic carbocycles. The number of nitrogens with zero attached hydrogens (tertiary/aromatic N) is 2. The molecule has 0 bridgehead atoms. The smallest absolute Gasteiger partial charge is 1.00 e. The number of rotatable bonds is 11. The molecule has 0 saturated carbocycles. The average molecular weight is 344 g/mol. The maximum Gasteiger partial charge on any atom is 1.00 e. The largest absolute Gasteiger partial charge is 1.00 e. The Kier molecular flexibility index (Phi) is 17.7. The van der Waals surface area contributed by atoms with Crippen LogP contribution in [0.3, 0.4) is 0 Å². The third-order valence-electron chi connectivity index (χ3n) is 2.17. The first-order valence-corrected chi connectivity index (χ1v) is 6.02. The Balaban J connectivity index is -0.000000480. The maximum atomic E-state index is 10.6. The SMILES string of the molecule is C=C.O=C(O)CN(CCN(CC(=O)O)CC(=O)O)CC(=O)O.[H-].[Na+]. The molecule has 0 radical (unpaired) electrons. The van der Waals surface area contributed by atoms with Gasteiger partial charge in [0.1, 0.15) is 0 Å². The molecule has 0 heterocycles. The molecule has 23 heavy (non-hydrogen) atoms. The maximum absolute atomic E-state index is 10.6. The van der Waals surface area contributed by atoms with E-state index in [0.717, 1.165) is 9.80 Å². The molecule has 4 N–H and O–H groups in total.